The third kappa shape index (κ3) is 3.93. The first-order valence-electron chi connectivity index (χ1n) is 7.94. The average molecular weight is 385 g/mol. The molecule has 0 fully saturated rings. The number of nitrogens with one attached hydrogen (secondary N) is 2. The number of halogens is 1. The molecule has 0 aliphatic rings. The number of benzene rings is 2. The second kappa shape index (κ2) is 7.51. The van der Waals surface area contributed by atoms with Gasteiger partial charge in [0.2, 0.25) is 0 Å². The van der Waals surface area contributed by atoms with Crippen molar-refractivity contribution in [2.24, 2.45) is 0 Å². The molecule has 138 valence electrons. The first kappa shape index (κ1) is 18.5. The minimum absolute atomic E-state index is 0.0113. The van der Waals surface area contributed by atoms with E-state index >= 15 is 0 Å². The Morgan fingerprint density at radius 1 is 1.19 bits per heavy atom. The molecule has 0 amide bonds. The molecule has 3 rings (SSSR count). The zero-order valence-electron chi connectivity index (χ0n) is 14.4. The summed E-state index contributed by atoms with van der Waals surface area (Å²) in [6, 6.07) is 12.6. The molecule has 2 aromatic carbocycles. The number of rotatable bonds is 6. The summed E-state index contributed by atoms with van der Waals surface area (Å²) in [6.07, 6.45) is 3.24. The van der Waals surface area contributed by atoms with Crippen LogP contribution in [-0.2, 0) is 16.4 Å². The number of nitriles is 1. The van der Waals surface area contributed by atoms with Crippen LogP contribution in [0.25, 0.3) is 0 Å². The Kier molecular flexibility index (Phi) is 5.14. The van der Waals surface area contributed by atoms with Crippen molar-refractivity contribution in [1.29, 1.82) is 5.26 Å². The van der Waals surface area contributed by atoms with E-state index in [9.17, 15) is 12.8 Å². The van der Waals surface area contributed by atoms with Crippen molar-refractivity contribution in [2.75, 3.05) is 11.8 Å². The maximum Gasteiger partial charge on any atom is 0.263 e. The van der Waals surface area contributed by atoms with E-state index in [1.165, 1.54) is 18.3 Å². The van der Waals surface area contributed by atoms with Crippen molar-refractivity contribution in [3.8, 4) is 11.8 Å². The molecule has 0 aliphatic heterocycles. The van der Waals surface area contributed by atoms with E-state index in [2.05, 4.69) is 9.71 Å². The number of anilines is 1. The van der Waals surface area contributed by atoms with Gasteiger partial charge in [0.25, 0.3) is 10.0 Å². The molecule has 6 nitrogen and oxygen atoms in total. The van der Waals surface area contributed by atoms with Crippen LogP contribution >= 0.6 is 0 Å². The predicted molar refractivity (Wildman–Crippen MR) is 98.5 cm³/mol. The van der Waals surface area contributed by atoms with Gasteiger partial charge >= 0.3 is 0 Å². The van der Waals surface area contributed by atoms with E-state index in [0.29, 0.717) is 17.7 Å². The van der Waals surface area contributed by atoms with Gasteiger partial charge in [-0.1, -0.05) is 18.2 Å². The third-order valence-electron chi connectivity index (χ3n) is 3.99. The lowest BCUT2D eigenvalue weighted by molar-refractivity contribution is 0.410. The molecular formula is C19H16FN3O3S. The molecule has 2 N–H and O–H groups in total. The number of hydrogen-bond donors (Lipinski definition) is 2. The molecule has 0 unspecified atom stereocenters. The topological polar surface area (TPSA) is 95.0 Å². The molecule has 0 atom stereocenters. The number of aromatic amines is 1. The number of aromatic nitrogens is 1. The molecule has 1 aromatic heterocycles. The molecule has 0 saturated heterocycles. The standard InChI is InChI=1S/C19H16FN3O3S/c1-26-18-5-3-2-4-14(18)9-15-11-22-12-19(15)27(24,25)23-17-7-6-13(10-21)8-16(17)20/h2-8,11-12,22-23H,9H2,1H3. The van der Waals surface area contributed by atoms with E-state index in [-0.39, 0.29) is 16.1 Å². The van der Waals surface area contributed by atoms with Crippen molar-refractivity contribution >= 4 is 15.7 Å². The SMILES string of the molecule is COc1ccccc1Cc1c[nH]cc1S(=O)(=O)Nc1ccc(C#N)cc1F. The van der Waals surface area contributed by atoms with Crippen LogP contribution in [0.5, 0.6) is 5.75 Å². The maximum absolute atomic E-state index is 14.1. The van der Waals surface area contributed by atoms with Crippen LogP contribution in [0.4, 0.5) is 10.1 Å². The fourth-order valence-corrected chi connectivity index (χ4v) is 3.96. The molecule has 0 saturated carbocycles. The van der Waals surface area contributed by atoms with Gasteiger partial charge < -0.3 is 9.72 Å². The van der Waals surface area contributed by atoms with Crippen LogP contribution in [-0.4, -0.2) is 20.5 Å². The maximum atomic E-state index is 14.1. The molecular weight excluding hydrogens is 369 g/mol. The number of sulfonamides is 1. The number of hydrogen-bond acceptors (Lipinski definition) is 4. The monoisotopic (exact) mass is 385 g/mol. The van der Waals surface area contributed by atoms with Gasteiger partial charge in [0.1, 0.15) is 16.5 Å². The average Bonchev–Trinajstić information content (AvgIpc) is 3.13. The van der Waals surface area contributed by atoms with Crippen LogP contribution in [0.1, 0.15) is 16.7 Å². The van der Waals surface area contributed by atoms with Gasteiger partial charge in [-0.3, -0.25) is 4.72 Å². The van der Waals surface area contributed by atoms with E-state index in [1.54, 1.807) is 25.4 Å². The fraction of sp³-hybridized carbons (Fsp3) is 0.105. The van der Waals surface area contributed by atoms with Crippen molar-refractivity contribution in [2.45, 2.75) is 11.3 Å². The highest BCUT2D eigenvalue weighted by Crippen LogP contribution is 2.26. The minimum Gasteiger partial charge on any atom is -0.496 e. The van der Waals surface area contributed by atoms with Crippen LogP contribution < -0.4 is 9.46 Å². The number of H-pyrrole nitrogens is 1. The molecule has 27 heavy (non-hydrogen) atoms. The second-order valence-electron chi connectivity index (χ2n) is 5.75. The molecule has 0 bridgehead atoms. The van der Waals surface area contributed by atoms with E-state index in [1.807, 2.05) is 18.2 Å². The summed E-state index contributed by atoms with van der Waals surface area (Å²) in [6.45, 7) is 0. The van der Waals surface area contributed by atoms with Gasteiger partial charge in [0.15, 0.2) is 0 Å². The third-order valence-corrected chi connectivity index (χ3v) is 5.44. The van der Waals surface area contributed by atoms with E-state index in [4.69, 9.17) is 10.00 Å². The van der Waals surface area contributed by atoms with Gasteiger partial charge in [-0.15, -0.1) is 0 Å². The van der Waals surface area contributed by atoms with Crippen LogP contribution in [0.15, 0.2) is 59.8 Å². The number of nitrogens with zero attached hydrogens (tertiary/aromatic N) is 1. The fourth-order valence-electron chi connectivity index (χ4n) is 2.69. The summed E-state index contributed by atoms with van der Waals surface area (Å²) in [5, 5.41) is 8.79. The molecule has 0 spiro atoms. The first-order valence-corrected chi connectivity index (χ1v) is 9.43. The summed E-state index contributed by atoms with van der Waals surface area (Å²) < 4.78 is 47.1. The highest BCUT2D eigenvalue weighted by molar-refractivity contribution is 7.92. The zero-order chi connectivity index (χ0) is 19.4. The molecule has 0 aliphatic carbocycles. The minimum atomic E-state index is -4.03. The Labute approximate surface area is 156 Å². The molecule has 8 heteroatoms. The zero-order valence-corrected chi connectivity index (χ0v) is 15.2. The highest BCUT2D eigenvalue weighted by atomic mass is 32.2. The van der Waals surface area contributed by atoms with E-state index < -0.39 is 15.8 Å². The smallest absolute Gasteiger partial charge is 0.263 e. The van der Waals surface area contributed by atoms with Crippen LogP contribution in [0.2, 0.25) is 0 Å². The van der Waals surface area contributed by atoms with Gasteiger partial charge in [0.05, 0.1) is 24.4 Å². The molecule has 3 aromatic rings. The van der Waals surface area contributed by atoms with Gasteiger partial charge in [-0.2, -0.15) is 5.26 Å². The largest absolute Gasteiger partial charge is 0.496 e. The van der Waals surface area contributed by atoms with Crippen molar-refractivity contribution < 1.29 is 17.5 Å². The quantitative estimate of drug-likeness (QED) is 0.680. The summed E-state index contributed by atoms with van der Waals surface area (Å²) >= 11 is 0. The molecule has 0 radical (unpaired) electrons. The lowest BCUT2D eigenvalue weighted by atomic mass is 10.1. The Bertz CT molecular complexity index is 1120. The van der Waals surface area contributed by atoms with Crippen molar-refractivity contribution in [3.63, 3.8) is 0 Å². The number of methoxy groups -OCH3 is 1. The first-order chi connectivity index (χ1) is 12.9. The predicted octanol–water partition coefficient (Wildman–Crippen LogP) is 3.43. The lowest BCUT2D eigenvalue weighted by Crippen LogP contribution is -2.15. The van der Waals surface area contributed by atoms with Crippen LogP contribution in [0.3, 0.4) is 0 Å². The number of ether oxygens (including phenoxy) is 1. The van der Waals surface area contributed by atoms with Crippen molar-refractivity contribution in [3.05, 3.63) is 77.4 Å². The Morgan fingerprint density at radius 3 is 2.67 bits per heavy atom. The summed E-state index contributed by atoms with van der Waals surface area (Å²) in [5.41, 5.74) is 1.22. The Balaban J connectivity index is 1.91. The normalized spacial score (nSPS) is 11.0. The summed E-state index contributed by atoms with van der Waals surface area (Å²) in [7, 11) is -2.48. The van der Waals surface area contributed by atoms with Gasteiger partial charge in [-0.25, -0.2) is 12.8 Å². The van der Waals surface area contributed by atoms with Crippen LogP contribution in [0, 0.1) is 17.1 Å². The molecule has 1 heterocycles. The van der Waals surface area contributed by atoms with Gasteiger partial charge in [0, 0.05) is 18.8 Å². The Hall–Kier alpha value is -3.31. The van der Waals surface area contributed by atoms with E-state index in [0.717, 1.165) is 11.6 Å². The van der Waals surface area contributed by atoms with Crippen molar-refractivity contribution in [1.82, 2.24) is 4.98 Å². The number of para-hydroxylation sites is 1. The summed E-state index contributed by atoms with van der Waals surface area (Å²) in [4.78, 5) is 2.80. The Morgan fingerprint density at radius 2 is 1.96 bits per heavy atom. The summed E-state index contributed by atoms with van der Waals surface area (Å²) in [5.74, 6) is -0.174. The lowest BCUT2D eigenvalue weighted by Gasteiger charge is -2.11. The second-order valence-corrected chi connectivity index (χ2v) is 7.40. The van der Waals surface area contributed by atoms with Gasteiger partial charge in [-0.05, 0) is 35.4 Å². The highest BCUT2D eigenvalue weighted by Gasteiger charge is 2.22.